The van der Waals surface area contributed by atoms with Gasteiger partial charge in [0.05, 0.1) is 12.2 Å². The zero-order chi connectivity index (χ0) is 52.3. The monoisotopic (exact) mass is 993 g/mol. The molecule has 0 bridgehead atoms. The molecule has 1 aliphatic carbocycles. The summed E-state index contributed by atoms with van der Waals surface area (Å²) < 4.78 is 43.5. The normalized spacial score (nSPS) is 18.9. The molecule has 0 radical (unpaired) electrons. The molecule has 1 saturated heterocycles. The summed E-state index contributed by atoms with van der Waals surface area (Å²) in [6, 6.07) is 18.8. The van der Waals surface area contributed by atoms with Gasteiger partial charge in [-0.2, -0.15) is 0 Å². The molecule has 0 spiro atoms. The van der Waals surface area contributed by atoms with Gasteiger partial charge in [-0.3, -0.25) is 9.05 Å². The Kier molecular flexibility index (Phi) is 14.2. The highest BCUT2D eigenvalue weighted by molar-refractivity contribution is 7.42. The van der Waals surface area contributed by atoms with Crippen LogP contribution in [-0.2, 0) is 52.4 Å². The number of benzene rings is 4. The van der Waals surface area contributed by atoms with Crippen molar-refractivity contribution in [2.24, 2.45) is 0 Å². The van der Waals surface area contributed by atoms with Gasteiger partial charge in [0.25, 0.3) is 0 Å². The second kappa shape index (κ2) is 18.3. The van der Waals surface area contributed by atoms with Crippen molar-refractivity contribution in [3.63, 3.8) is 0 Å². The van der Waals surface area contributed by atoms with E-state index in [-0.39, 0.29) is 55.5 Å². The summed E-state index contributed by atoms with van der Waals surface area (Å²) in [5.41, 5.74) is 11.1. The van der Waals surface area contributed by atoms with Gasteiger partial charge in [0.1, 0.15) is 22.7 Å². The minimum atomic E-state index is -2.14. The standard InChI is InChI=1S/C62H90O6P2/c1-55(2,3)37-29-41(51(45(33-37)59(13,14)15)65-69-63-49-27-25-26-28-50(49)64-69)42-30-38(56(4,5)6)34-46(60(16,17)18)52(42)66-70-67-53-43(31-39(57(7,8)9)35-47(53)61(19,20)21)44-32-40(58(10,11)12)36-48(54(44)68-70)62(22,23)24/h29-36,49-50H,25-28H2,1-24H3. The highest BCUT2D eigenvalue weighted by Gasteiger charge is 2.43. The van der Waals surface area contributed by atoms with Gasteiger partial charge < -0.3 is 17.4 Å². The molecular weight excluding hydrogens is 903 g/mol. The van der Waals surface area contributed by atoms with E-state index in [9.17, 15) is 0 Å². The second-order valence-corrected chi connectivity index (χ2v) is 31.0. The molecule has 7 rings (SSSR count). The Morgan fingerprint density at radius 1 is 0.371 bits per heavy atom. The average Bonchev–Trinajstić information content (AvgIpc) is 3.52. The Bertz CT molecular complexity index is 2700. The van der Waals surface area contributed by atoms with Crippen LogP contribution in [-0.4, -0.2) is 12.2 Å². The van der Waals surface area contributed by atoms with Crippen molar-refractivity contribution in [2.45, 2.75) is 247 Å². The van der Waals surface area contributed by atoms with Crippen molar-refractivity contribution in [3.05, 3.63) is 93.0 Å². The highest BCUT2D eigenvalue weighted by atomic mass is 31.2. The van der Waals surface area contributed by atoms with Crippen LogP contribution in [0.5, 0.6) is 11.5 Å². The zero-order valence-electron chi connectivity index (χ0n) is 47.9. The van der Waals surface area contributed by atoms with Gasteiger partial charge in [-0.25, -0.2) is 0 Å². The van der Waals surface area contributed by atoms with E-state index in [0.29, 0.717) is 0 Å². The molecular formula is C62H90O6P2. The van der Waals surface area contributed by atoms with Crippen LogP contribution in [0.25, 0.3) is 33.1 Å². The van der Waals surface area contributed by atoms with Crippen LogP contribution in [0.15, 0.2) is 56.9 Å². The molecule has 2 aliphatic rings. The molecule has 384 valence electrons. The van der Waals surface area contributed by atoms with Gasteiger partial charge in [-0.05, 0) is 103 Å². The lowest BCUT2D eigenvalue weighted by molar-refractivity contribution is 0.110. The maximum absolute atomic E-state index is 7.75. The van der Waals surface area contributed by atoms with Gasteiger partial charge in [-0.15, -0.1) is 0 Å². The highest BCUT2D eigenvalue weighted by Crippen LogP contribution is 2.58. The molecule has 0 amide bonds. The van der Waals surface area contributed by atoms with E-state index in [1.807, 2.05) is 0 Å². The molecule has 6 nitrogen and oxygen atoms in total. The largest absolute Gasteiger partial charge is 0.453 e. The quantitative estimate of drug-likeness (QED) is 0.164. The predicted molar refractivity (Wildman–Crippen MR) is 300 cm³/mol. The molecule has 2 heterocycles. The summed E-state index contributed by atoms with van der Waals surface area (Å²) >= 11 is 0. The minimum Gasteiger partial charge on any atom is -0.426 e. The van der Waals surface area contributed by atoms with E-state index in [2.05, 4.69) is 215 Å². The fraction of sp³-hybridized carbons (Fsp3) is 0.613. The van der Waals surface area contributed by atoms with Crippen LogP contribution < -0.4 is 9.05 Å². The molecule has 4 aromatic carbocycles. The van der Waals surface area contributed by atoms with Crippen LogP contribution in [0.1, 0.15) is 236 Å². The Labute approximate surface area is 426 Å². The fourth-order valence-electron chi connectivity index (χ4n) is 9.62. The number of rotatable bonds is 5. The zero-order valence-corrected chi connectivity index (χ0v) is 49.7. The SMILES string of the molecule is CC(C)(C)c1cc(-c2cc(C(C)(C)C)cc(C(C)(C)C)c2Op2oc3c(C(C)(C)C)cc(C(C)(C)C)cc3c3cc(C(C)(C)C)cc(C(C)(C)C)c3o2)c(OP2OC3CCCCC3O2)c(C(C)(C)C)c1. The first kappa shape index (κ1) is 54.5. The van der Waals surface area contributed by atoms with E-state index in [1.165, 1.54) is 22.3 Å². The first-order valence-electron chi connectivity index (χ1n) is 26.2. The van der Waals surface area contributed by atoms with Crippen molar-refractivity contribution in [3.8, 4) is 22.6 Å². The molecule has 2 atom stereocenters. The van der Waals surface area contributed by atoms with Crippen molar-refractivity contribution in [1.82, 2.24) is 0 Å². The van der Waals surface area contributed by atoms with Gasteiger partial charge in [0, 0.05) is 44.2 Å². The van der Waals surface area contributed by atoms with Crippen molar-refractivity contribution in [2.75, 3.05) is 0 Å². The van der Waals surface area contributed by atoms with Crippen LogP contribution >= 0.6 is 16.8 Å². The van der Waals surface area contributed by atoms with E-state index >= 15 is 0 Å². The molecule has 5 aromatic rings. The minimum absolute atomic E-state index is 0.0545. The topological polar surface area (TPSA) is 63.2 Å². The summed E-state index contributed by atoms with van der Waals surface area (Å²) in [5.74, 6) is 1.51. The third-order valence-electron chi connectivity index (χ3n) is 14.4. The van der Waals surface area contributed by atoms with Crippen LogP contribution in [0.4, 0.5) is 0 Å². The third-order valence-corrected chi connectivity index (χ3v) is 16.6. The Morgan fingerprint density at radius 3 is 0.986 bits per heavy atom. The molecule has 2 fully saturated rings. The molecule has 70 heavy (non-hydrogen) atoms. The summed E-state index contributed by atoms with van der Waals surface area (Å²) in [6.07, 6.45) is 4.39. The van der Waals surface area contributed by atoms with Gasteiger partial charge >= 0.3 is 16.8 Å². The Balaban J connectivity index is 1.67. The molecule has 8 heteroatoms. The number of fused-ring (bicyclic) bond motifs is 4. The van der Waals surface area contributed by atoms with Gasteiger partial charge in [0.2, 0.25) is 0 Å². The molecule has 1 aliphatic heterocycles. The van der Waals surface area contributed by atoms with Crippen LogP contribution in [0, 0.1) is 0 Å². The lowest BCUT2D eigenvalue weighted by Crippen LogP contribution is -2.25. The lowest BCUT2D eigenvalue weighted by Gasteiger charge is -2.32. The van der Waals surface area contributed by atoms with Crippen molar-refractivity contribution in [1.29, 1.82) is 0 Å². The first-order chi connectivity index (χ1) is 31.7. The fourth-order valence-corrected chi connectivity index (χ4v) is 12.2. The second-order valence-electron chi connectivity index (χ2n) is 29.0. The smallest absolute Gasteiger partial charge is 0.426 e. The van der Waals surface area contributed by atoms with Crippen molar-refractivity contribution < 1.29 is 26.5 Å². The van der Waals surface area contributed by atoms with E-state index in [4.69, 9.17) is 26.5 Å². The molecule has 2 unspecified atom stereocenters. The summed E-state index contributed by atoms with van der Waals surface area (Å²) in [5, 5.41) is 2.08. The predicted octanol–water partition coefficient (Wildman–Crippen LogP) is 20.1. The van der Waals surface area contributed by atoms with Crippen LogP contribution in [0.3, 0.4) is 0 Å². The van der Waals surface area contributed by atoms with E-state index < -0.39 is 16.8 Å². The van der Waals surface area contributed by atoms with E-state index in [0.717, 1.165) is 92.5 Å². The first-order valence-corrected chi connectivity index (χ1v) is 28.3. The summed E-state index contributed by atoms with van der Waals surface area (Å²) in [7, 11) is -3.80. The van der Waals surface area contributed by atoms with Crippen LogP contribution in [0.2, 0.25) is 0 Å². The average molecular weight is 993 g/mol. The molecule has 1 saturated carbocycles. The summed E-state index contributed by atoms with van der Waals surface area (Å²) in [6.45, 7) is 54.9. The maximum atomic E-state index is 7.75. The van der Waals surface area contributed by atoms with Gasteiger partial charge in [-0.1, -0.05) is 203 Å². The van der Waals surface area contributed by atoms with Crippen molar-refractivity contribution >= 4 is 38.8 Å². The van der Waals surface area contributed by atoms with E-state index in [1.54, 1.807) is 0 Å². The lowest BCUT2D eigenvalue weighted by atomic mass is 9.75. The third kappa shape index (κ3) is 11.4. The number of hydrogen-bond donors (Lipinski definition) is 0. The Hall–Kier alpha value is -3.27. The molecule has 0 N–H and O–H groups in total. The molecule has 1 aromatic heterocycles. The summed E-state index contributed by atoms with van der Waals surface area (Å²) in [4.78, 5) is 0. The van der Waals surface area contributed by atoms with Gasteiger partial charge in [0.15, 0.2) is 0 Å². The number of hydrogen-bond acceptors (Lipinski definition) is 6. The maximum Gasteiger partial charge on any atom is 0.453 e. The Morgan fingerprint density at radius 2 is 0.671 bits per heavy atom.